The van der Waals surface area contributed by atoms with Crippen LogP contribution in [0.5, 0.6) is 0 Å². The van der Waals surface area contributed by atoms with E-state index in [9.17, 15) is 14.7 Å². The van der Waals surface area contributed by atoms with E-state index in [1.54, 1.807) is 21.0 Å². The fourth-order valence-electron chi connectivity index (χ4n) is 3.24. The molecule has 0 spiro atoms. The minimum Gasteiger partial charge on any atom is -0.477 e. The zero-order chi connectivity index (χ0) is 20.6. The fraction of sp³-hybridized carbons (Fsp3) is 0.529. The molecule has 1 fully saturated rings. The highest BCUT2D eigenvalue weighted by molar-refractivity contribution is 7.17. The van der Waals surface area contributed by atoms with E-state index in [0.717, 1.165) is 11.3 Å². The molecular formula is C17H22ClN5O4S. The van der Waals surface area contributed by atoms with Gasteiger partial charge in [-0.15, -0.1) is 0 Å². The van der Waals surface area contributed by atoms with E-state index in [1.165, 1.54) is 0 Å². The van der Waals surface area contributed by atoms with E-state index in [4.69, 9.17) is 22.1 Å². The first-order chi connectivity index (χ1) is 13.2. The van der Waals surface area contributed by atoms with Crippen molar-refractivity contribution in [2.75, 3.05) is 25.1 Å². The molecule has 1 aromatic rings. The Morgan fingerprint density at radius 2 is 2.14 bits per heavy atom. The third kappa shape index (κ3) is 3.90. The molecule has 2 aliphatic heterocycles. The number of nitrogens with two attached hydrogens (primary N) is 1. The highest BCUT2D eigenvalue weighted by atomic mass is 35.5. The Morgan fingerprint density at radius 3 is 2.68 bits per heavy atom. The number of thiazole rings is 1. The number of hydrogen-bond donors (Lipinski definition) is 3. The van der Waals surface area contributed by atoms with Crippen molar-refractivity contribution in [3.63, 3.8) is 0 Å². The second-order valence-electron chi connectivity index (χ2n) is 6.75. The molecule has 0 aliphatic carbocycles. The van der Waals surface area contributed by atoms with Gasteiger partial charge in [0.1, 0.15) is 15.7 Å². The number of aryl methyl sites for hydroxylation is 1. The summed E-state index contributed by atoms with van der Waals surface area (Å²) < 4.78 is 5.57. The first kappa shape index (κ1) is 20.7. The lowest BCUT2D eigenvalue weighted by atomic mass is 10.0. The van der Waals surface area contributed by atoms with Crippen LogP contribution in [-0.2, 0) is 9.53 Å². The first-order valence-corrected chi connectivity index (χ1v) is 9.92. The number of aliphatic imine (C=N–C) groups is 1. The van der Waals surface area contributed by atoms with Gasteiger partial charge in [-0.25, -0.2) is 14.8 Å². The predicted octanol–water partition coefficient (Wildman–Crippen LogP) is 1.11. The number of nitrogens with one attached hydrogen (secondary N) is 1. The first-order valence-electron chi connectivity index (χ1n) is 8.72. The normalized spacial score (nSPS) is 25.1. The maximum Gasteiger partial charge on any atom is 0.347 e. The SMILES string of the molecule is CO[C@H]1CN(c2nc(C)c(C(=O)O)s2)CCC1NC(=O)C1=NC(Cl)=C(C)C1N. The number of carboxylic acid groups (broad SMARTS) is 1. The molecular weight excluding hydrogens is 406 g/mol. The standard InChI is InChI=1S/C17H22ClN5O4S/c1-7-11(19)12(22-14(7)18)15(24)21-9-4-5-23(6-10(9)27-3)17-20-8(2)13(28-17)16(25)26/h9-11H,4-6,19H2,1-3H3,(H,21,24)(H,25,26)/t9?,10-,11?/m0/s1. The van der Waals surface area contributed by atoms with Crippen molar-refractivity contribution < 1.29 is 19.4 Å². The number of ether oxygens (including phenoxy) is 1. The number of anilines is 1. The Balaban J connectivity index is 1.67. The van der Waals surface area contributed by atoms with E-state index in [1.807, 2.05) is 4.90 Å². The summed E-state index contributed by atoms with van der Waals surface area (Å²) in [7, 11) is 1.57. The van der Waals surface area contributed by atoms with Crippen LogP contribution in [0.2, 0.25) is 0 Å². The highest BCUT2D eigenvalue weighted by Crippen LogP contribution is 2.29. The maximum absolute atomic E-state index is 12.6. The summed E-state index contributed by atoms with van der Waals surface area (Å²) in [5, 5.41) is 13.1. The number of methoxy groups -OCH3 is 1. The molecule has 9 nitrogen and oxygen atoms in total. The average Bonchev–Trinajstić information content (AvgIpc) is 3.17. The van der Waals surface area contributed by atoms with E-state index >= 15 is 0 Å². The van der Waals surface area contributed by atoms with Gasteiger partial charge in [-0.2, -0.15) is 0 Å². The van der Waals surface area contributed by atoms with Gasteiger partial charge >= 0.3 is 5.97 Å². The molecule has 11 heteroatoms. The Labute approximate surface area is 171 Å². The molecule has 1 aromatic heterocycles. The van der Waals surface area contributed by atoms with Crippen molar-refractivity contribution in [1.29, 1.82) is 0 Å². The largest absolute Gasteiger partial charge is 0.477 e. The van der Waals surface area contributed by atoms with Crippen LogP contribution in [0.4, 0.5) is 5.13 Å². The van der Waals surface area contributed by atoms with Crippen LogP contribution in [0.15, 0.2) is 15.7 Å². The number of carbonyl (C=O) groups excluding carboxylic acids is 1. The van der Waals surface area contributed by atoms with Crippen molar-refractivity contribution >= 4 is 45.7 Å². The summed E-state index contributed by atoms with van der Waals surface area (Å²) in [4.78, 5) is 34.5. The van der Waals surface area contributed by atoms with Crippen LogP contribution < -0.4 is 16.0 Å². The lowest BCUT2D eigenvalue weighted by molar-refractivity contribution is -0.116. The number of aromatic nitrogens is 1. The zero-order valence-electron chi connectivity index (χ0n) is 15.7. The lowest BCUT2D eigenvalue weighted by Gasteiger charge is -2.38. The Bertz CT molecular complexity index is 868. The summed E-state index contributed by atoms with van der Waals surface area (Å²) >= 11 is 7.11. The number of halogens is 1. The number of rotatable bonds is 5. The van der Waals surface area contributed by atoms with Gasteiger partial charge in [0.15, 0.2) is 5.13 Å². The minimum atomic E-state index is -0.983. The van der Waals surface area contributed by atoms with Gasteiger partial charge in [-0.05, 0) is 25.8 Å². The van der Waals surface area contributed by atoms with Crippen LogP contribution in [-0.4, -0.2) is 66.1 Å². The molecule has 28 heavy (non-hydrogen) atoms. The molecule has 2 unspecified atom stereocenters. The van der Waals surface area contributed by atoms with Crippen molar-refractivity contribution in [3.05, 3.63) is 21.3 Å². The highest BCUT2D eigenvalue weighted by Gasteiger charge is 2.35. The minimum absolute atomic E-state index is 0.196. The quantitative estimate of drug-likeness (QED) is 0.600. The van der Waals surface area contributed by atoms with Gasteiger partial charge in [0.25, 0.3) is 5.91 Å². The van der Waals surface area contributed by atoms with Gasteiger partial charge in [0.05, 0.1) is 23.9 Å². The molecule has 0 radical (unpaired) electrons. The van der Waals surface area contributed by atoms with E-state index < -0.39 is 12.0 Å². The fourth-order valence-corrected chi connectivity index (χ4v) is 4.39. The van der Waals surface area contributed by atoms with Gasteiger partial charge in [-0.1, -0.05) is 22.9 Å². The average molecular weight is 428 g/mol. The number of aromatic carboxylic acids is 1. The molecule has 0 aromatic carbocycles. The molecule has 3 heterocycles. The Hall–Kier alpha value is -2.01. The lowest BCUT2D eigenvalue weighted by Crippen LogP contribution is -2.57. The van der Waals surface area contributed by atoms with Crippen LogP contribution in [0.3, 0.4) is 0 Å². The smallest absolute Gasteiger partial charge is 0.347 e. The summed E-state index contributed by atoms with van der Waals surface area (Å²) in [6, 6.07) is -0.843. The van der Waals surface area contributed by atoms with Gasteiger partial charge in [-0.3, -0.25) is 4.79 Å². The summed E-state index contributed by atoms with van der Waals surface area (Å²) in [6.45, 7) is 4.50. The topological polar surface area (TPSA) is 130 Å². The summed E-state index contributed by atoms with van der Waals surface area (Å²) in [5.41, 5.74) is 7.35. The Morgan fingerprint density at radius 1 is 1.43 bits per heavy atom. The van der Waals surface area contributed by atoms with Crippen LogP contribution >= 0.6 is 22.9 Å². The molecule has 4 N–H and O–H groups in total. The Kier molecular flexibility index (Phi) is 6.04. The van der Waals surface area contributed by atoms with E-state index in [0.29, 0.717) is 35.9 Å². The molecule has 3 rings (SSSR count). The predicted molar refractivity (Wildman–Crippen MR) is 107 cm³/mol. The maximum atomic E-state index is 12.6. The second kappa shape index (κ2) is 8.16. The summed E-state index contributed by atoms with van der Waals surface area (Å²) in [6.07, 6.45) is 0.312. The zero-order valence-corrected chi connectivity index (χ0v) is 17.3. The van der Waals surface area contributed by atoms with E-state index in [-0.39, 0.29) is 33.8 Å². The number of carboxylic acids is 1. The van der Waals surface area contributed by atoms with Gasteiger partial charge in [0.2, 0.25) is 0 Å². The van der Waals surface area contributed by atoms with Crippen LogP contribution in [0.1, 0.15) is 28.7 Å². The second-order valence-corrected chi connectivity index (χ2v) is 8.09. The van der Waals surface area contributed by atoms with E-state index in [2.05, 4.69) is 15.3 Å². The molecule has 1 saturated heterocycles. The number of carbonyl (C=O) groups is 2. The van der Waals surface area contributed by atoms with Crippen LogP contribution in [0, 0.1) is 6.92 Å². The molecule has 0 saturated carbocycles. The van der Waals surface area contributed by atoms with Gasteiger partial charge in [0, 0.05) is 20.2 Å². The van der Waals surface area contributed by atoms with Gasteiger partial charge < -0.3 is 25.8 Å². The van der Waals surface area contributed by atoms with Crippen molar-refractivity contribution in [2.45, 2.75) is 38.5 Å². The molecule has 1 amide bonds. The summed E-state index contributed by atoms with van der Waals surface area (Å²) in [5.74, 6) is -1.34. The number of amides is 1. The van der Waals surface area contributed by atoms with Crippen molar-refractivity contribution in [2.24, 2.45) is 10.7 Å². The molecule has 152 valence electrons. The van der Waals surface area contributed by atoms with Crippen molar-refractivity contribution in [3.8, 4) is 0 Å². The molecule has 3 atom stereocenters. The third-order valence-corrected chi connectivity index (χ3v) is 6.56. The van der Waals surface area contributed by atoms with Crippen LogP contribution in [0.25, 0.3) is 0 Å². The number of piperidine rings is 1. The monoisotopic (exact) mass is 427 g/mol. The van der Waals surface area contributed by atoms with Crippen molar-refractivity contribution in [1.82, 2.24) is 10.3 Å². The number of hydrogen-bond acceptors (Lipinski definition) is 8. The molecule has 0 bridgehead atoms. The molecule has 2 aliphatic rings. The number of nitrogens with zero attached hydrogens (tertiary/aromatic N) is 3. The third-order valence-electron chi connectivity index (χ3n) is 4.97.